The molecular formula is C15H13N5S. The lowest BCUT2D eigenvalue weighted by molar-refractivity contribution is 1.23. The standard InChI is InChI=1S/C15H13N5S/c1-21-15(17-11-16)18-12-7-9-14(10-8-12)20-19-13-5-3-2-4-6-13/h2-10H,1H3,(H,17,18). The van der Waals surface area contributed by atoms with Crippen molar-refractivity contribution in [3.8, 4) is 6.19 Å². The van der Waals surface area contributed by atoms with Crippen molar-refractivity contribution in [3.05, 3.63) is 54.6 Å². The Morgan fingerprint density at radius 1 is 0.952 bits per heavy atom. The lowest BCUT2D eigenvalue weighted by Gasteiger charge is -1.99. The molecule has 0 aliphatic heterocycles. The van der Waals surface area contributed by atoms with Crippen molar-refractivity contribution in [2.45, 2.75) is 0 Å². The van der Waals surface area contributed by atoms with Crippen molar-refractivity contribution in [2.24, 2.45) is 15.2 Å². The Bertz CT molecular complexity index is 671. The van der Waals surface area contributed by atoms with E-state index in [-0.39, 0.29) is 0 Å². The van der Waals surface area contributed by atoms with E-state index >= 15 is 0 Å². The summed E-state index contributed by atoms with van der Waals surface area (Å²) in [5, 5.41) is 20.0. The van der Waals surface area contributed by atoms with Gasteiger partial charge in [-0.2, -0.15) is 15.5 Å². The first-order chi connectivity index (χ1) is 10.3. The topological polar surface area (TPSA) is 72.9 Å². The highest BCUT2D eigenvalue weighted by atomic mass is 32.2. The molecule has 0 heterocycles. The zero-order valence-electron chi connectivity index (χ0n) is 11.4. The molecule has 0 saturated heterocycles. The van der Waals surface area contributed by atoms with E-state index in [2.05, 4.69) is 20.5 Å². The van der Waals surface area contributed by atoms with Gasteiger partial charge in [0.1, 0.15) is 0 Å². The molecule has 0 aliphatic carbocycles. The number of nitrogens with zero attached hydrogens (tertiary/aromatic N) is 4. The third-order valence-corrected chi connectivity index (χ3v) is 3.05. The molecule has 0 bridgehead atoms. The number of nitriles is 1. The van der Waals surface area contributed by atoms with Gasteiger partial charge in [0.2, 0.25) is 0 Å². The zero-order chi connectivity index (χ0) is 14.9. The summed E-state index contributed by atoms with van der Waals surface area (Å²) in [4.78, 5) is 4.30. The summed E-state index contributed by atoms with van der Waals surface area (Å²) in [5.41, 5.74) is 2.31. The van der Waals surface area contributed by atoms with Gasteiger partial charge in [-0.3, -0.25) is 5.32 Å². The summed E-state index contributed by atoms with van der Waals surface area (Å²) in [7, 11) is 0. The van der Waals surface area contributed by atoms with Crippen LogP contribution in [-0.4, -0.2) is 11.4 Å². The molecule has 21 heavy (non-hydrogen) atoms. The van der Waals surface area contributed by atoms with Gasteiger partial charge < -0.3 is 0 Å². The predicted octanol–water partition coefficient (Wildman–Crippen LogP) is 4.52. The highest BCUT2D eigenvalue weighted by Crippen LogP contribution is 2.21. The third-order valence-electron chi connectivity index (χ3n) is 2.47. The molecule has 0 saturated carbocycles. The van der Waals surface area contributed by atoms with Crippen LogP contribution < -0.4 is 5.32 Å². The van der Waals surface area contributed by atoms with Gasteiger partial charge in [-0.25, -0.2) is 4.99 Å². The van der Waals surface area contributed by atoms with Crippen LogP contribution in [0.15, 0.2) is 69.8 Å². The van der Waals surface area contributed by atoms with Crippen molar-refractivity contribution in [3.63, 3.8) is 0 Å². The highest BCUT2D eigenvalue weighted by Gasteiger charge is 1.97. The maximum absolute atomic E-state index is 8.59. The van der Waals surface area contributed by atoms with E-state index in [1.54, 1.807) is 0 Å². The minimum atomic E-state index is 0.552. The maximum Gasteiger partial charge on any atom is 0.183 e. The van der Waals surface area contributed by atoms with E-state index in [0.717, 1.165) is 17.1 Å². The molecule has 0 atom stereocenters. The van der Waals surface area contributed by atoms with Crippen molar-refractivity contribution in [1.29, 1.82) is 5.26 Å². The Kier molecular flexibility index (Phi) is 5.50. The summed E-state index contributed by atoms with van der Waals surface area (Å²) < 4.78 is 0. The number of hydrogen-bond donors (Lipinski definition) is 1. The minimum absolute atomic E-state index is 0.552. The molecule has 0 amide bonds. The average Bonchev–Trinajstić information content (AvgIpc) is 2.54. The number of benzene rings is 2. The van der Waals surface area contributed by atoms with Gasteiger partial charge in [0.05, 0.1) is 17.1 Å². The molecule has 0 aliphatic rings. The third kappa shape index (κ3) is 4.75. The number of amidine groups is 1. The monoisotopic (exact) mass is 295 g/mol. The summed E-state index contributed by atoms with van der Waals surface area (Å²) in [6.07, 6.45) is 3.71. The van der Waals surface area contributed by atoms with Gasteiger partial charge in [0.15, 0.2) is 11.4 Å². The molecule has 2 rings (SSSR count). The smallest absolute Gasteiger partial charge is 0.183 e. The molecular weight excluding hydrogens is 282 g/mol. The van der Waals surface area contributed by atoms with Crippen molar-refractivity contribution < 1.29 is 0 Å². The second kappa shape index (κ2) is 7.82. The lowest BCUT2D eigenvalue weighted by Crippen LogP contribution is -2.12. The first-order valence-corrected chi connectivity index (χ1v) is 7.39. The Morgan fingerprint density at radius 2 is 1.52 bits per heavy atom. The molecule has 6 heteroatoms. The lowest BCUT2D eigenvalue weighted by atomic mass is 10.3. The zero-order valence-corrected chi connectivity index (χ0v) is 12.2. The van der Waals surface area contributed by atoms with Crippen LogP contribution >= 0.6 is 11.8 Å². The minimum Gasteiger partial charge on any atom is -0.271 e. The van der Waals surface area contributed by atoms with Crippen LogP contribution in [0.2, 0.25) is 0 Å². The van der Waals surface area contributed by atoms with Crippen LogP contribution in [0.4, 0.5) is 17.1 Å². The van der Waals surface area contributed by atoms with E-state index < -0.39 is 0 Å². The predicted molar refractivity (Wildman–Crippen MR) is 86.4 cm³/mol. The molecule has 104 valence electrons. The summed E-state index contributed by atoms with van der Waals surface area (Å²) in [6.45, 7) is 0. The van der Waals surface area contributed by atoms with Gasteiger partial charge in [0.25, 0.3) is 0 Å². The van der Waals surface area contributed by atoms with Gasteiger partial charge in [0, 0.05) is 0 Å². The number of azo groups is 1. The summed E-state index contributed by atoms with van der Waals surface area (Å²) >= 11 is 1.38. The molecule has 2 aromatic rings. The number of thioether (sulfide) groups is 1. The van der Waals surface area contributed by atoms with E-state index in [1.807, 2.05) is 67.0 Å². The van der Waals surface area contributed by atoms with Crippen molar-refractivity contribution in [2.75, 3.05) is 6.26 Å². The Hall–Kier alpha value is -2.65. The van der Waals surface area contributed by atoms with Gasteiger partial charge in [-0.15, -0.1) is 0 Å². The molecule has 2 aromatic carbocycles. The second-order valence-electron chi connectivity index (χ2n) is 3.91. The second-order valence-corrected chi connectivity index (χ2v) is 4.70. The molecule has 0 spiro atoms. The molecule has 0 fully saturated rings. The number of aliphatic imine (C=N–C) groups is 1. The SMILES string of the molecule is CSC(=Nc1ccc(N=Nc2ccccc2)cc1)NC#N. The van der Waals surface area contributed by atoms with E-state index in [0.29, 0.717) is 5.17 Å². The number of rotatable bonds is 3. The van der Waals surface area contributed by atoms with Crippen LogP contribution in [0.25, 0.3) is 0 Å². The van der Waals surface area contributed by atoms with E-state index in [9.17, 15) is 0 Å². The highest BCUT2D eigenvalue weighted by molar-refractivity contribution is 8.13. The maximum atomic E-state index is 8.59. The largest absolute Gasteiger partial charge is 0.271 e. The number of nitrogens with one attached hydrogen (secondary N) is 1. The quantitative estimate of drug-likeness (QED) is 0.297. The van der Waals surface area contributed by atoms with Crippen LogP contribution in [0, 0.1) is 11.5 Å². The molecule has 0 aromatic heterocycles. The van der Waals surface area contributed by atoms with Crippen LogP contribution in [0.5, 0.6) is 0 Å². The first-order valence-electron chi connectivity index (χ1n) is 6.16. The Labute approximate surface area is 127 Å². The van der Waals surface area contributed by atoms with E-state index in [4.69, 9.17) is 5.26 Å². The molecule has 5 nitrogen and oxygen atoms in total. The Morgan fingerprint density at radius 3 is 2.10 bits per heavy atom. The molecule has 0 radical (unpaired) electrons. The fourth-order valence-corrected chi connectivity index (χ4v) is 1.84. The molecule has 1 N–H and O–H groups in total. The van der Waals surface area contributed by atoms with Crippen LogP contribution in [-0.2, 0) is 0 Å². The average molecular weight is 295 g/mol. The van der Waals surface area contributed by atoms with Crippen LogP contribution in [0.3, 0.4) is 0 Å². The Balaban J connectivity index is 2.09. The van der Waals surface area contributed by atoms with Gasteiger partial charge in [-0.05, 0) is 42.7 Å². The van der Waals surface area contributed by atoms with Gasteiger partial charge in [-0.1, -0.05) is 30.0 Å². The fraction of sp³-hybridized carbons (Fsp3) is 0.0667. The summed E-state index contributed by atoms with van der Waals surface area (Å²) in [5.74, 6) is 0. The number of hydrogen-bond acceptors (Lipinski definition) is 5. The van der Waals surface area contributed by atoms with Gasteiger partial charge >= 0.3 is 0 Å². The van der Waals surface area contributed by atoms with Crippen LogP contribution in [0.1, 0.15) is 0 Å². The van der Waals surface area contributed by atoms with Crippen molar-refractivity contribution >= 4 is 34.0 Å². The molecule has 0 unspecified atom stereocenters. The van der Waals surface area contributed by atoms with Crippen molar-refractivity contribution in [1.82, 2.24) is 5.32 Å². The van der Waals surface area contributed by atoms with E-state index in [1.165, 1.54) is 11.8 Å². The summed E-state index contributed by atoms with van der Waals surface area (Å²) in [6, 6.07) is 16.9. The normalized spacial score (nSPS) is 11.3. The fourth-order valence-electron chi connectivity index (χ4n) is 1.49. The first kappa shape index (κ1) is 14.8.